The molecule has 1 heterocycles. The van der Waals surface area contributed by atoms with Crippen LogP contribution in [0.1, 0.15) is 22.8 Å². The highest BCUT2D eigenvalue weighted by Gasteiger charge is 2.25. The molecule has 0 bridgehead atoms. The standard InChI is InChI=1S/C15H10N2OS/c16-9-10-5-7-11(8-6-10)14-12-3-1-2-4-13(12)17-15(19)18-14/h1-8,14H,(H,17,19). The quantitative estimate of drug-likeness (QED) is 0.804. The predicted molar refractivity (Wildman–Crippen MR) is 76.7 cm³/mol. The Morgan fingerprint density at radius 3 is 2.58 bits per heavy atom. The van der Waals surface area contributed by atoms with Crippen LogP contribution in [-0.4, -0.2) is 5.17 Å². The number of thiocarbonyl (C=S) groups is 1. The molecule has 0 spiro atoms. The molecule has 1 aliphatic rings. The molecular weight excluding hydrogens is 256 g/mol. The normalized spacial score (nSPS) is 16.8. The molecule has 1 N–H and O–H groups in total. The summed E-state index contributed by atoms with van der Waals surface area (Å²) in [7, 11) is 0. The zero-order valence-corrected chi connectivity index (χ0v) is 10.8. The fourth-order valence-electron chi connectivity index (χ4n) is 2.13. The third-order valence-corrected chi connectivity index (χ3v) is 3.25. The van der Waals surface area contributed by atoms with E-state index >= 15 is 0 Å². The first-order valence-corrected chi connectivity index (χ1v) is 6.25. The minimum Gasteiger partial charge on any atom is -0.458 e. The Morgan fingerprint density at radius 2 is 1.84 bits per heavy atom. The van der Waals surface area contributed by atoms with Gasteiger partial charge >= 0.3 is 0 Å². The maximum atomic E-state index is 8.83. The van der Waals surface area contributed by atoms with Gasteiger partial charge in [-0.2, -0.15) is 5.26 Å². The molecule has 92 valence electrons. The van der Waals surface area contributed by atoms with E-state index in [0.29, 0.717) is 10.7 Å². The Labute approximate surface area is 116 Å². The van der Waals surface area contributed by atoms with Gasteiger partial charge in [0.25, 0.3) is 5.17 Å². The lowest BCUT2D eigenvalue weighted by Crippen LogP contribution is -2.24. The highest BCUT2D eigenvalue weighted by atomic mass is 32.1. The minimum absolute atomic E-state index is 0.224. The van der Waals surface area contributed by atoms with Crippen LogP contribution in [0.2, 0.25) is 0 Å². The lowest BCUT2D eigenvalue weighted by atomic mass is 9.98. The molecule has 0 radical (unpaired) electrons. The Hall–Kier alpha value is -2.38. The third-order valence-electron chi connectivity index (χ3n) is 3.05. The second kappa shape index (κ2) is 4.71. The van der Waals surface area contributed by atoms with Gasteiger partial charge in [0.2, 0.25) is 0 Å². The molecule has 2 aromatic carbocycles. The van der Waals surface area contributed by atoms with E-state index in [4.69, 9.17) is 22.2 Å². The Kier molecular flexibility index (Phi) is 2.90. The third kappa shape index (κ3) is 2.16. The van der Waals surface area contributed by atoms with Crippen molar-refractivity contribution in [3.05, 3.63) is 65.2 Å². The number of nitrogens with zero attached hydrogens (tertiary/aromatic N) is 1. The molecule has 0 aliphatic carbocycles. The highest BCUT2D eigenvalue weighted by molar-refractivity contribution is 7.80. The van der Waals surface area contributed by atoms with E-state index in [1.165, 1.54) is 0 Å². The summed E-state index contributed by atoms with van der Waals surface area (Å²) < 4.78 is 5.71. The number of nitriles is 1. The van der Waals surface area contributed by atoms with Gasteiger partial charge in [0, 0.05) is 11.3 Å². The Bertz CT molecular complexity index is 673. The zero-order chi connectivity index (χ0) is 13.2. The number of rotatable bonds is 1. The van der Waals surface area contributed by atoms with Crippen LogP contribution < -0.4 is 5.32 Å². The summed E-state index contributed by atoms with van der Waals surface area (Å²) in [6.45, 7) is 0. The number of para-hydroxylation sites is 1. The van der Waals surface area contributed by atoms with E-state index in [9.17, 15) is 0 Å². The van der Waals surface area contributed by atoms with Crippen LogP contribution in [0.15, 0.2) is 48.5 Å². The van der Waals surface area contributed by atoms with E-state index in [1.807, 2.05) is 36.4 Å². The van der Waals surface area contributed by atoms with Crippen molar-refractivity contribution in [3.63, 3.8) is 0 Å². The van der Waals surface area contributed by atoms with E-state index < -0.39 is 0 Å². The number of ether oxygens (including phenoxy) is 1. The number of fused-ring (bicyclic) bond motifs is 1. The first kappa shape index (κ1) is 11.7. The summed E-state index contributed by atoms with van der Waals surface area (Å²) in [5.74, 6) is 0. The van der Waals surface area contributed by atoms with Crippen LogP contribution in [0.5, 0.6) is 0 Å². The van der Waals surface area contributed by atoms with Crippen molar-refractivity contribution in [3.8, 4) is 6.07 Å². The van der Waals surface area contributed by atoms with Gasteiger partial charge in [-0.1, -0.05) is 30.3 Å². The molecule has 19 heavy (non-hydrogen) atoms. The summed E-state index contributed by atoms with van der Waals surface area (Å²) in [4.78, 5) is 0. The van der Waals surface area contributed by atoms with Gasteiger partial charge in [-0.05, 0) is 36.0 Å². The van der Waals surface area contributed by atoms with Gasteiger partial charge in [0.15, 0.2) is 6.10 Å². The van der Waals surface area contributed by atoms with Gasteiger partial charge in [-0.15, -0.1) is 0 Å². The zero-order valence-electron chi connectivity index (χ0n) is 9.96. The molecule has 3 rings (SSSR count). The molecule has 0 amide bonds. The maximum Gasteiger partial charge on any atom is 0.262 e. The lowest BCUT2D eigenvalue weighted by Gasteiger charge is -2.28. The second-order valence-electron chi connectivity index (χ2n) is 4.23. The van der Waals surface area contributed by atoms with Crippen molar-refractivity contribution < 1.29 is 4.74 Å². The fraction of sp³-hybridized carbons (Fsp3) is 0.0667. The van der Waals surface area contributed by atoms with Crippen LogP contribution in [0.3, 0.4) is 0 Å². The number of nitrogens with one attached hydrogen (secondary N) is 1. The molecule has 4 heteroatoms. The van der Waals surface area contributed by atoms with E-state index in [1.54, 1.807) is 12.1 Å². The number of anilines is 1. The van der Waals surface area contributed by atoms with Gasteiger partial charge in [0.1, 0.15) is 0 Å². The second-order valence-corrected chi connectivity index (χ2v) is 4.60. The summed E-state index contributed by atoms with van der Waals surface area (Å²) >= 11 is 5.12. The van der Waals surface area contributed by atoms with Crippen LogP contribution in [0, 0.1) is 11.3 Å². The van der Waals surface area contributed by atoms with Crippen molar-refractivity contribution in [1.29, 1.82) is 5.26 Å². The van der Waals surface area contributed by atoms with Crippen LogP contribution in [0.4, 0.5) is 5.69 Å². The Morgan fingerprint density at radius 1 is 1.11 bits per heavy atom. The van der Waals surface area contributed by atoms with Gasteiger partial charge in [-0.3, -0.25) is 0 Å². The van der Waals surface area contributed by atoms with E-state index in [2.05, 4.69) is 11.4 Å². The van der Waals surface area contributed by atoms with Gasteiger partial charge in [0.05, 0.1) is 11.6 Å². The van der Waals surface area contributed by atoms with Crippen molar-refractivity contribution in [2.75, 3.05) is 5.32 Å². The molecular formula is C15H10N2OS. The van der Waals surface area contributed by atoms with Crippen LogP contribution >= 0.6 is 12.2 Å². The van der Waals surface area contributed by atoms with Crippen molar-refractivity contribution in [2.45, 2.75) is 6.10 Å². The largest absolute Gasteiger partial charge is 0.458 e. The number of hydrogen-bond acceptors (Lipinski definition) is 3. The van der Waals surface area contributed by atoms with Crippen molar-refractivity contribution >= 4 is 23.1 Å². The summed E-state index contributed by atoms with van der Waals surface area (Å²) in [5.41, 5.74) is 3.62. The molecule has 0 saturated carbocycles. The van der Waals surface area contributed by atoms with Crippen molar-refractivity contribution in [1.82, 2.24) is 0 Å². The molecule has 2 aromatic rings. The smallest absolute Gasteiger partial charge is 0.262 e. The monoisotopic (exact) mass is 266 g/mol. The van der Waals surface area contributed by atoms with Gasteiger partial charge in [-0.25, -0.2) is 0 Å². The van der Waals surface area contributed by atoms with Gasteiger partial charge < -0.3 is 10.1 Å². The van der Waals surface area contributed by atoms with E-state index in [-0.39, 0.29) is 6.10 Å². The molecule has 1 atom stereocenters. The SMILES string of the molecule is N#Cc1ccc(C2OC(=S)Nc3ccccc32)cc1. The molecule has 1 aliphatic heterocycles. The average Bonchev–Trinajstić information content (AvgIpc) is 2.46. The minimum atomic E-state index is -0.224. The van der Waals surface area contributed by atoms with E-state index in [0.717, 1.165) is 16.8 Å². The Balaban J connectivity index is 2.05. The molecule has 1 unspecified atom stereocenters. The highest BCUT2D eigenvalue weighted by Crippen LogP contribution is 2.35. The molecule has 0 fully saturated rings. The molecule has 0 saturated heterocycles. The summed E-state index contributed by atoms with van der Waals surface area (Å²) in [6.07, 6.45) is -0.224. The van der Waals surface area contributed by atoms with Crippen molar-refractivity contribution in [2.24, 2.45) is 0 Å². The summed E-state index contributed by atoms with van der Waals surface area (Å²) in [5, 5.41) is 12.2. The first-order valence-electron chi connectivity index (χ1n) is 5.84. The molecule has 0 aromatic heterocycles. The first-order chi connectivity index (χ1) is 9.28. The molecule has 3 nitrogen and oxygen atoms in total. The van der Waals surface area contributed by atoms with Crippen LogP contribution in [-0.2, 0) is 4.74 Å². The maximum absolute atomic E-state index is 8.83. The number of hydrogen-bond donors (Lipinski definition) is 1. The number of benzene rings is 2. The topological polar surface area (TPSA) is 45.0 Å². The van der Waals surface area contributed by atoms with Crippen LogP contribution in [0.25, 0.3) is 0 Å². The average molecular weight is 266 g/mol. The predicted octanol–water partition coefficient (Wildman–Crippen LogP) is 3.37. The lowest BCUT2D eigenvalue weighted by molar-refractivity contribution is 0.234. The summed E-state index contributed by atoms with van der Waals surface area (Å²) in [6, 6.07) is 17.4. The fourth-order valence-corrected chi connectivity index (χ4v) is 2.34.